The summed E-state index contributed by atoms with van der Waals surface area (Å²) in [5.74, 6) is -0.310. The largest absolute Gasteiger partial charge is 0.336 e. The average Bonchev–Trinajstić information content (AvgIpc) is 3.47. The van der Waals surface area contributed by atoms with E-state index in [1.165, 1.54) is 43.8 Å². The van der Waals surface area contributed by atoms with Crippen LogP contribution in [0.2, 0.25) is 0 Å². The SMILES string of the molecule is CCc1c(-c2cn(C)c(=O)c(Nc3ccc4c(c3)CCN(C)C4)n2)cc(F)cc1N1CCc2c(sc3c2CC(C)(C)C3)C1=O. The van der Waals surface area contributed by atoms with Crippen LogP contribution in [0.1, 0.15) is 63.1 Å². The Morgan fingerprint density at radius 1 is 1.02 bits per heavy atom. The summed E-state index contributed by atoms with van der Waals surface area (Å²) in [6.07, 6.45) is 5.93. The quantitative estimate of drug-likeness (QED) is 0.288. The lowest BCUT2D eigenvalue weighted by Gasteiger charge is -2.30. The molecule has 3 aliphatic rings. The van der Waals surface area contributed by atoms with Gasteiger partial charge in [0.05, 0.1) is 16.3 Å². The highest BCUT2D eigenvalue weighted by Gasteiger charge is 2.38. The van der Waals surface area contributed by atoms with Crippen LogP contribution in [0.15, 0.2) is 41.3 Å². The topological polar surface area (TPSA) is 70.5 Å². The van der Waals surface area contributed by atoms with Crippen LogP contribution in [0.25, 0.3) is 11.3 Å². The van der Waals surface area contributed by atoms with E-state index in [-0.39, 0.29) is 22.7 Å². The molecule has 4 heterocycles. The molecule has 4 aromatic rings. The van der Waals surface area contributed by atoms with Crippen molar-refractivity contribution in [2.45, 2.75) is 59.4 Å². The molecule has 0 atom stereocenters. The van der Waals surface area contributed by atoms with Crippen LogP contribution in [0, 0.1) is 11.2 Å². The Kier molecular flexibility index (Phi) is 7.01. The van der Waals surface area contributed by atoms with Gasteiger partial charge in [-0.3, -0.25) is 9.59 Å². The van der Waals surface area contributed by atoms with E-state index in [9.17, 15) is 9.59 Å². The zero-order chi connectivity index (χ0) is 30.9. The number of hydrogen-bond donors (Lipinski definition) is 1. The molecule has 0 saturated carbocycles. The van der Waals surface area contributed by atoms with Crippen LogP contribution in [0.5, 0.6) is 0 Å². The second kappa shape index (κ2) is 10.7. The fourth-order valence-electron chi connectivity index (χ4n) is 7.18. The Hall–Kier alpha value is -3.82. The summed E-state index contributed by atoms with van der Waals surface area (Å²) in [6.45, 7) is 8.97. The third-order valence-corrected chi connectivity index (χ3v) is 10.6. The number of rotatable bonds is 5. The summed E-state index contributed by atoms with van der Waals surface area (Å²) >= 11 is 1.62. The number of aryl methyl sites for hydroxylation is 1. The van der Waals surface area contributed by atoms with Crippen molar-refractivity contribution in [2.75, 3.05) is 30.4 Å². The van der Waals surface area contributed by atoms with Gasteiger partial charge in [-0.15, -0.1) is 11.3 Å². The molecule has 2 aromatic heterocycles. The van der Waals surface area contributed by atoms with Gasteiger partial charge in [0, 0.05) is 49.0 Å². The number of carbonyl (C=O) groups excluding carboxylic acids is 1. The first-order valence-electron chi connectivity index (χ1n) is 15.4. The monoisotopic (exact) mass is 611 g/mol. The molecule has 1 aliphatic carbocycles. The molecule has 44 heavy (non-hydrogen) atoms. The predicted molar refractivity (Wildman–Crippen MR) is 175 cm³/mol. The molecule has 2 aliphatic heterocycles. The number of amides is 1. The van der Waals surface area contributed by atoms with Gasteiger partial charge in [-0.25, -0.2) is 9.37 Å². The Morgan fingerprint density at radius 3 is 2.64 bits per heavy atom. The molecule has 9 heteroatoms. The number of likely N-dealkylation sites (N-methyl/N-ethyl adjacent to an activating group) is 1. The summed E-state index contributed by atoms with van der Waals surface area (Å²) in [5, 5.41) is 3.24. The van der Waals surface area contributed by atoms with Gasteiger partial charge >= 0.3 is 0 Å². The number of fused-ring (bicyclic) bond motifs is 4. The lowest BCUT2D eigenvalue weighted by atomic mass is 9.89. The number of carbonyl (C=O) groups is 1. The van der Waals surface area contributed by atoms with Crippen LogP contribution in [-0.2, 0) is 45.7 Å². The van der Waals surface area contributed by atoms with Gasteiger partial charge in [0.15, 0.2) is 5.82 Å². The zero-order valence-corrected chi connectivity index (χ0v) is 26.8. The number of hydrogen-bond acceptors (Lipinski definition) is 6. The van der Waals surface area contributed by atoms with Crippen molar-refractivity contribution in [1.82, 2.24) is 14.5 Å². The highest BCUT2D eigenvalue weighted by atomic mass is 32.1. The maximum Gasteiger partial charge on any atom is 0.293 e. The molecule has 0 fully saturated rings. The van der Waals surface area contributed by atoms with Crippen molar-refractivity contribution in [1.29, 1.82) is 0 Å². The minimum atomic E-state index is -0.439. The molecule has 0 radical (unpaired) electrons. The van der Waals surface area contributed by atoms with E-state index in [0.29, 0.717) is 29.9 Å². The number of halogens is 1. The summed E-state index contributed by atoms with van der Waals surface area (Å²) in [6, 6.07) is 9.10. The number of benzene rings is 2. The summed E-state index contributed by atoms with van der Waals surface area (Å²) in [4.78, 5) is 38.0. The summed E-state index contributed by atoms with van der Waals surface area (Å²) < 4.78 is 16.9. The second-order valence-electron chi connectivity index (χ2n) is 13.3. The molecular weight excluding hydrogens is 573 g/mol. The molecule has 0 saturated heterocycles. The van der Waals surface area contributed by atoms with Crippen molar-refractivity contribution in [3.05, 3.63) is 90.3 Å². The first kappa shape index (κ1) is 28.9. The number of thiophene rings is 1. The highest BCUT2D eigenvalue weighted by molar-refractivity contribution is 7.14. The van der Waals surface area contributed by atoms with E-state index < -0.39 is 5.82 Å². The fraction of sp³-hybridized carbons (Fsp3) is 0.400. The van der Waals surface area contributed by atoms with Crippen molar-refractivity contribution in [3.63, 3.8) is 0 Å². The van der Waals surface area contributed by atoms with Crippen molar-refractivity contribution < 1.29 is 9.18 Å². The third kappa shape index (κ3) is 4.96. The van der Waals surface area contributed by atoms with E-state index in [4.69, 9.17) is 4.98 Å². The highest BCUT2D eigenvalue weighted by Crippen LogP contribution is 2.46. The maximum atomic E-state index is 15.4. The number of anilines is 3. The molecule has 228 valence electrons. The van der Waals surface area contributed by atoms with E-state index in [2.05, 4.69) is 43.2 Å². The molecule has 7 nitrogen and oxygen atoms in total. The van der Waals surface area contributed by atoms with Gasteiger partial charge in [0.2, 0.25) is 0 Å². The van der Waals surface area contributed by atoms with Crippen molar-refractivity contribution in [2.24, 2.45) is 12.5 Å². The number of nitrogens with zero attached hydrogens (tertiary/aromatic N) is 4. The van der Waals surface area contributed by atoms with E-state index in [0.717, 1.165) is 54.9 Å². The maximum absolute atomic E-state index is 15.4. The van der Waals surface area contributed by atoms with Crippen molar-refractivity contribution >= 4 is 34.4 Å². The third-order valence-electron chi connectivity index (χ3n) is 9.37. The average molecular weight is 612 g/mol. The first-order valence-corrected chi connectivity index (χ1v) is 16.3. The molecule has 1 N–H and O–H groups in total. The Bertz CT molecular complexity index is 1890. The first-order chi connectivity index (χ1) is 21.0. The summed E-state index contributed by atoms with van der Waals surface area (Å²) in [5.41, 5.74) is 8.35. The predicted octanol–water partition coefficient (Wildman–Crippen LogP) is 6.27. The molecule has 0 bridgehead atoms. The Labute approximate surface area is 261 Å². The Balaban J connectivity index is 1.25. The van der Waals surface area contributed by atoms with Crippen LogP contribution in [0.3, 0.4) is 0 Å². The fourth-order valence-corrected chi connectivity index (χ4v) is 8.75. The molecule has 0 spiro atoms. The van der Waals surface area contributed by atoms with Crippen LogP contribution in [-0.4, -0.2) is 40.5 Å². The zero-order valence-electron chi connectivity index (χ0n) is 26.0. The van der Waals surface area contributed by atoms with Gasteiger partial charge in [0.25, 0.3) is 11.5 Å². The normalized spacial score (nSPS) is 17.4. The smallest absolute Gasteiger partial charge is 0.293 e. The lowest BCUT2D eigenvalue weighted by molar-refractivity contribution is 0.0984. The van der Waals surface area contributed by atoms with Crippen LogP contribution in [0.4, 0.5) is 21.6 Å². The Morgan fingerprint density at radius 2 is 1.84 bits per heavy atom. The van der Waals surface area contributed by atoms with Gasteiger partial charge in [0.1, 0.15) is 5.82 Å². The van der Waals surface area contributed by atoms with E-state index in [1.807, 2.05) is 13.0 Å². The number of nitrogens with one attached hydrogen (secondary N) is 1. The summed E-state index contributed by atoms with van der Waals surface area (Å²) in [7, 11) is 3.80. The van der Waals surface area contributed by atoms with Gasteiger partial charge < -0.3 is 19.7 Å². The van der Waals surface area contributed by atoms with Gasteiger partial charge in [-0.1, -0.05) is 26.8 Å². The minimum absolute atomic E-state index is 0.0518. The molecule has 7 rings (SSSR count). The minimum Gasteiger partial charge on any atom is -0.336 e. The molecule has 0 unspecified atom stereocenters. The van der Waals surface area contributed by atoms with Crippen molar-refractivity contribution in [3.8, 4) is 11.3 Å². The van der Waals surface area contributed by atoms with E-state index >= 15 is 4.39 Å². The van der Waals surface area contributed by atoms with Crippen LogP contribution >= 0.6 is 11.3 Å². The molecular formula is C35H38FN5O2S. The molecule has 1 amide bonds. The lowest BCUT2D eigenvalue weighted by Crippen LogP contribution is -2.38. The second-order valence-corrected chi connectivity index (χ2v) is 14.4. The van der Waals surface area contributed by atoms with Gasteiger partial charge in [-0.05, 0) is 96.6 Å². The van der Waals surface area contributed by atoms with Crippen LogP contribution < -0.4 is 15.8 Å². The van der Waals surface area contributed by atoms with Gasteiger partial charge in [-0.2, -0.15) is 0 Å². The number of aromatic nitrogens is 2. The molecule has 2 aromatic carbocycles. The van der Waals surface area contributed by atoms with E-state index in [1.54, 1.807) is 29.5 Å². The standard InChI is InChI=1S/C35H38FN5O2S/c1-6-24-26(28-19-40(5)34(43)32(38-28)37-23-8-7-21-18-39(4)11-9-20(21)13-23)14-22(36)15-29(24)41-12-10-25-27-16-35(2,3)17-30(27)44-31(25)33(41)42/h7-8,13-15,19H,6,9-12,16-18H2,1-5H3,(H,37,38).